The zero-order valence-corrected chi connectivity index (χ0v) is 22.1. The highest BCUT2D eigenvalue weighted by Gasteiger charge is 2.35. The van der Waals surface area contributed by atoms with Crippen molar-refractivity contribution in [3.05, 3.63) is 81.4 Å². The molecule has 0 atom stereocenters. The first-order valence-electron chi connectivity index (χ1n) is 11.9. The van der Waals surface area contributed by atoms with Crippen LogP contribution >= 0.6 is 11.6 Å². The molecule has 5 rings (SSSR count). The van der Waals surface area contributed by atoms with Crippen LogP contribution in [0.25, 0.3) is 33.8 Å². The molecule has 0 N–H and O–H groups in total. The van der Waals surface area contributed by atoms with Crippen LogP contribution in [0.2, 0.25) is 5.02 Å². The van der Waals surface area contributed by atoms with Gasteiger partial charge in [0, 0.05) is 30.1 Å². The second kappa shape index (κ2) is 10.2. The van der Waals surface area contributed by atoms with Crippen LogP contribution in [0, 0.1) is 10.1 Å². The monoisotopic (exact) mass is 571 g/mol. The van der Waals surface area contributed by atoms with Crippen LogP contribution in [-0.2, 0) is 12.7 Å². The summed E-state index contributed by atoms with van der Waals surface area (Å²) < 4.78 is 48.3. The Morgan fingerprint density at radius 2 is 1.93 bits per heavy atom. The zero-order valence-electron chi connectivity index (χ0n) is 21.3. The predicted molar refractivity (Wildman–Crippen MR) is 141 cm³/mol. The number of hydrogen-bond acceptors (Lipinski definition) is 7. The Morgan fingerprint density at radius 3 is 2.60 bits per heavy atom. The van der Waals surface area contributed by atoms with E-state index < -0.39 is 16.8 Å². The van der Waals surface area contributed by atoms with E-state index in [9.17, 15) is 23.3 Å². The maximum atomic E-state index is 13.4. The third-order valence-electron chi connectivity index (χ3n) is 6.23. The van der Waals surface area contributed by atoms with E-state index >= 15 is 0 Å². The number of ether oxygens (including phenoxy) is 1. The Bertz CT molecular complexity index is 1750. The highest BCUT2D eigenvalue weighted by atomic mass is 35.5. The molecule has 5 aromatic rings. The van der Waals surface area contributed by atoms with E-state index in [1.165, 1.54) is 40.8 Å². The Hall–Kier alpha value is -4.52. The largest absolute Gasteiger partial charge is 0.496 e. The first-order valence-corrected chi connectivity index (χ1v) is 12.3. The van der Waals surface area contributed by atoms with Crippen molar-refractivity contribution >= 4 is 28.3 Å². The van der Waals surface area contributed by atoms with Gasteiger partial charge >= 0.3 is 6.18 Å². The Morgan fingerprint density at radius 1 is 1.15 bits per heavy atom. The highest BCUT2D eigenvalue weighted by molar-refractivity contribution is 6.33. The fraction of sp³-hybridized carbons (Fsp3) is 0.231. The maximum Gasteiger partial charge on any atom is 0.434 e. The molecule has 0 spiro atoms. The van der Waals surface area contributed by atoms with Crippen LogP contribution in [-0.4, -0.2) is 41.3 Å². The normalized spacial score (nSPS) is 11.9. The number of methoxy groups -OCH3 is 1. The summed E-state index contributed by atoms with van der Waals surface area (Å²) in [6, 6.07) is 8.97. The number of hydrogen-bond donors (Lipinski definition) is 0. The molecule has 0 saturated heterocycles. The second-order valence-electron chi connectivity index (χ2n) is 9.14. The van der Waals surface area contributed by atoms with Gasteiger partial charge in [0.2, 0.25) is 0 Å². The fourth-order valence-electron chi connectivity index (χ4n) is 4.30. The minimum absolute atomic E-state index is 0.0208. The average molecular weight is 572 g/mol. The quantitative estimate of drug-likeness (QED) is 0.160. The van der Waals surface area contributed by atoms with Gasteiger partial charge in [0.15, 0.2) is 17.2 Å². The van der Waals surface area contributed by atoms with Gasteiger partial charge < -0.3 is 9.30 Å². The number of halogens is 4. The molecule has 40 heavy (non-hydrogen) atoms. The standard InChI is InChI=1S/C26H21ClF3N7O3/c1-14(2)35-13-21(26(28,29)30)33-24(35)15-7-8-16(19(9-15)37(38)39)12-36-25-17(11-32-36)10-31-23(34-25)22-18(27)5-4-6-20(22)40-3/h4-11,13-14H,12H2,1-3H3. The zero-order chi connectivity index (χ0) is 28.8. The molecule has 0 radical (unpaired) electrons. The Kier molecular flexibility index (Phi) is 6.92. The van der Waals surface area contributed by atoms with E-state index in [0.717, 1.165) is 6.20 Å². The predicted octanol–water partition coefficient (Wildman–Crippen LogP) is 6.58. The van der Waals surface area contributed by atoms with Crippen LogP contribution < -0.4 is 4.74 Å². The lowest BCUT2D eigenvalue weighted by molar-refractivity contribution is -0.385. The molecule has 0 aliphatic rings. The molecule has 2 aromatic carbocycles. The molecule has 0 bridgehead atoms. The van der Waals surface area contributed by atoms with Crippen LogP contribution in [0.15, 0.2) is 55.0 Å². The third kappa shape index (κ3) is 4.95. The molecule has 0 saturated carbocycles. The van der Waals surface area contributed by atoms with Gasteiger partial charge in [0.1, 0.15) is 11.6 Å². The molecule has 3 aromatic heterocycles. The summed E-state index contributed by atoms with van der Waals surface area (Å²) in [5, 5.41) is 17.3. The van der Waals surface area contributed by atoms with Gasteiger partial charge in [-0.3, -0.25) is 10.1 Å². The molecule has 0 fully saturated rings. The number of aromatic nitrogens is 6. The van der Waals surface area contributed by atoms with Crippen molar-refractivity contribution in [1.82, 2.24) is 29.3 Å². The topological polar surface area (TPSA) is 114 Å². The van der Waals surface area contributed by atoms with Crippen molar-refractivity contribution in [1.29, 1.82) is 0 Å². The summed E-state index contributed by atoms with van der Waals surface area (Å²) in [7, 11) is 1.50. The van der Waals surface area contributed by atoms with Crippen molar-refractivity contribution in [3.63, 3.8) is 0 Å². The summed E-state index contributed by atoms with van der Waals surface area (Å²) >= 11 is 6.39. The lowest BCUT2D eigenvalue weighted by atomic mass is 10.1. The second-order valence-corrected chi connectivity index (χ2v) is 9.55. The minimum atomic E-state index is -4.66. The lowest BCUT2D eigenvalue weighted by Crippen LogP contribution is -2.07. The van der Waals surface area contributed by atoms with Crippen LogP contribution in [0.3, 0.4) is 0 Å². The molecular weight excluding hydrogens is 551 g/mol. The molecule has 0 aliphatic carbocycles. The molecule has 0 unspecified atom stereocenters. The van der Waals surface area contributed by atoms with Gasteiger partial charge in [-0.25, -0.2) is 19.6 Å². The Labute approximate surface area is 230 Å². The summed E-state index contributed by atoms with van der Waals surface area (Å²) in [6.45, 7) is 3.36. The third-order valence-corrected chi connectivity index (χ3v) is 6.55. The van der Waals surface area contributed by atoms with E-state index in [1.54, 1.807) is 38.2 Å². The van der Waals surface area contributed by atoms with E-state index in [0.29, 0.717) is 27.4 Å². The molecule has 10 nitrogen and oxygen atoms in total. The van der Waals surface area contributed by atoms with Gasteiger partial charge in [-0.15, -0.1) is 0 Å². The van der Waals surface area contributed by atoms with Gasteiger partial charge in [0.25, 0.3) is 5.69 Å². The molecule has 206 valence electrons. The smallest absolute Gasteiger partial charge is 0.434 e. The average Bonchev–Trinajstić information content (AvgIpc) is 3.53. The molecule has 0 amide bonds. The van der Waals surface area contributed by atoms with Crippen molar-refractivity contribution < 1.29 is 22.8 Å². The number of nitro groups is 1. The number of alkyl halides is 3. The SMILES string of the molecule is COc1cccc(Cl)c1-c1ncc2cnn(Cc3ccc(-c4nc(C(F)(F)F)cn4C(C)C)cc3[N+](=O)[O-])c2n1. The van der Waals surface area contributed by atoms with Crippen molar-refractivity contribution in [2.75, 3.05) is 7.11 Å². The van der Waals surface area contributed by atoms with Crippen molar-refractivity contribution in [2.24, 2.45) is 0 Å². The van der Waals surface area contributed by atoms with Crippen molar-refractivity contribution in [2.45, 2.75) is 32.6 Å². The summed E-state index contributed by atoms with van der Waals surface area (Å²) in [6.07, 6.45) is -0.663. The highest BCUT2D eigenvalue weighted by Crippen LogP contribution is 2.36. The summed E-state index contributed by atoms with van der Waals surface area (Å²) in [4.78, 5) is 24.2. The number of benzene rings is 2. The Balaban J connectivity index is 1.56. The lowest BCUT2D eigenvalue weighted by Gasteiger charge is -2.12. The fourth-order valence-corrected chi connectivity index (χ4v) is 4.55. The maximum absolute atomic E-state index is 13.4. The van der Waals surface area contributed by atoms with E-state index in [-0.39, 0.29) is 41.0 Å². The van der Waals surface area contributed by atoms with Gasteiger partial charge in [-0.05, 0) is 32.0 Å². The first kappa shape index (κ1) is 27.1. The molecule has 3 heterocycles. The number of fused-ring (bicyclic) bond motifs is 1. The van der Waals surface area contributed by atoms with Crippen LogP contribution in [0.4, 0.5) is 18.9 Å². The van der Waals surface area contributed by atoms with Gasteiger partial charge in [-0.2, -0.15) is 18.3 Å². The van der Waals surface area contributed by atoms with Crippen molar-refractivity contribution in [3.8, 4) is 28.5 Å². The summed E-state index contributed by atoms with van der Waals surface area (Å²) in [5.74, 6) is 0.729. The van der Waals surface area contributed by atoms with E-state index in [2.05, 4.69) is 20.1 Å². The van der Waals surface area contributed by atoms with Gasteiger partial charge in [0.05, 0.1) is 46.3 Å². The van der Waals surface area contributed by atoms with E-state index in [1.807, 2.05) is 0 Å². The number of imidazole rings is 1. The first-order chi connectivity index (χ1) is 19.0. The molecule has 14 heteroatoms. The number of rotatable bonds is 7. The van der Waals surface area contributed by atoms with Gasteiger partial charge in [-0.1, -0.05) is 23.7 Å². The van der Waals surface area contributed by atoms with Crippen LogP contribution in [0.1, 0.15) is 31.1 Å². The number of nitrogens with zero attached hydrogens (tertiary/aromatic N) is 7. The molecular formula is C26H21ClF3N7O3. The minimum Gasteiger partial charge on any atom is -0.496 e. The molecule has 0 aliphatic heterocycles. The summed E-state index contributed by atoms with van der Waals surface area (Å²) in [5.41, 5.74) is -0.0361. The number of nitro benzene ring substituents is 1. The van der Waals surface area contributed by atoms with E-state index in [4.69, 9.17) is 16.3 Å². The van der Waals surface area contributed by atoms with Crippen LogP contribution in [0.5, 0.6) is 5.75 Å².